The zero-order valence-corrected chi connectivity index (χ0v) is 17.3. The van der Waals surface area contributed by atoms with Crippen LogP contribution in [-0.2, 0) is 17.9 Å². The van der Waals surface area contributed by atoms with E-state index in [1.165, 1.54) is 0 Å². The number of aromatic nitrogens is 3. The molecule has 2 heterocycles. The number of hydrogen-bond acceptors (Lipinski definition) is 3. The first-order valence-corrected chi connectivity index (χ1v) is 9.98. The van der Waals surface area contributed by atoms with Crippen molar-refractivity contribution in [2.24, 2.45) is 0 Å². The summed E-state index contributed by atoms with van der Waals surface area (Å²) < 4.78 is 3.26. The van der Waals surface area contributed by atoms with Crippen LogP contribution in [0.1, 0.15) is 18.1 Å². The lowest BCUT2D eigenvalue weighted by Crippen LogP contribution is -2.24. The summed E-state index contributed by atoms with van der Waals surface area (Å²) in [4.78, 5) is 30.4. The minimum absolute atomic E-state index is 0.0291. The fourth-order valence-corrected chi connectivity index (χ4v) is 3.69. The van der Waals surface area contributed by atoms with Crippen LogP contribution < -0.4 is 10.9 Å². The summed E-state index contributed by atoms with van der Waals surface area (Å²) in [7, 11) is 0. The Balaban J connectivity index is 1.76. The summed E-state index contributed by atoms with van der Waals surface area (Å²) in [6.45, 7) is 6.42. The summed E-state index contributed by atoms with van der Waals surface area (Å²) in [6, 6.07) is 15.7. The lowest BCUT2D eigenvalue weighted by Gasteiger charge is -2.10. The first-order chi connectivity index (χ1) is 14.5. The number of anilines is 1. The highest BCUT2D eigenvalue weighted by atomic mass is 16.2. The number of amides is 1. The van der Waals surface area contributed by atoms with Crippen molar-refractivity contribution in [1.82, 2.24) is 14.1 Å². The summed E-state index contributed by atoms with van der Waals surface area (Å²) in [5.41, 5.74) is 5.60. The van der Waals surface area contributed by atoms with Crippen molar-refractivity contribution in [2.75, 3.05) is 5.32 Å². The van der Waals surface area contributed by atoms with Gasteiger partial charge in [0.2, 0.25) is 5.91 Å². The first-order valence-electron chi connectivity index (χ1n) is 9.98. The van der Waals surface area contributed by atoms with Gasteiger partial charge in [-0.1, -0.05) is 48.0 Å². The van der Waals surface area contributed by atoms with Crippen LogP contribution in [0.15, 0.2) is 65.8 Å². The van der Waals surface area contributed by atoms with E-state index in [4.69, 9.17) is 0 Å². The van der Waals surface area contributed by atoms with Gasteiger partial charge in [0.05, 0.1) is 6.33 Å². The number of rotatable bonds is 5. The molecule has 0 spiro atoms. The third-order valence-corrected chi connectivity index (χ3v) is 5.24. The Hall–Kier alpha value is -3.67. The molecular weight excluding hydrogens is 376 g/mol. The number of hydrogen-bond donors (Lipinski definition) is 1. The van der Waals surface area contributed by atoms with E-state index in [0.717, 1.165) is 27.9 Å². The third kappa shape index (κ3) is 3.64. The van der Waals surface area contributed by atoms with Gasteiger partial charge in [0.15, 0.2) is 0 Å². The Morgan fingerprint density at radius 3 is 2.53 bits per heavy atom. The minimum atomic E-state index is -0.190. The molecule has 0 saturated carbocycles. The highest BCUT2D eigenvalue weighted by Gasteiger charge is 2.18. The molecule has 0 fully saturated rings. The van der Waals surface area contributed by atoms with Gasteiger partial charge in [-0.05, 0) is 38.0 Å². The number of carbonyl (C=O) groups is 1. The van der Waals surface area contributed by atoms with E-state index in [1.807, 2.05) is 75.5 Å². The van der Waals surface area contributed by atoms with Gasteiger partial charge in [0.25, 0.3) is 5.56 Å². The maximum atomic E-state index is 13.0. The Morgan fingerprint density at radius 1 is 1.07 bits per heavy atom. The van der Waals surface area contributed by atoms with Crippen molar-refractivity contribution >= 4 is 22.6 Å². The predicted molar refractivity (Wildman–Crippen MR) is 120 cm³/mol. The summed E-state index contributed by atoms with van der Waals surface area (Å²) in [5.74, 6) is -0.190. The average Bonchev–Trinajstić information content (AvgIpc) is 3.10. The second-order valence-electron chi connectivity index (χ2n) is 7.44. The maximum absolute atomic E-state index is 13.0. The van der Waals surface area contributed by atoms with Crippen molar-refractivity contribution in [2.45, 2.75) is 33.9 Å². The van der Waals surface area contributed by atoms with Gasteiger partial charge in [-0.25, -0.2) is 4.98 Å². The van der Waals surface area contributed by atoms with Crippen LogP contribution in [0.3, 0.4) is 0 Å². The molecule has 0 aliphatic rings. The van der Waals surface area contributed by atoms with Crippen LogP contribution in [0.2, 0.25) is 0 Å². The number of benzene rings is 2. The lowest BCUT2D eigenvalue weighted by molar-refractivity contribution is -0.116. The van der Waals surface area contributed by atoms with Gasteiger partial charge in [0.1, 0.15) is 17.6 Å². The molecule has 6 heteroatoms. The van der Waals surface area contributed by atoms with Crippen LogP contribution >= 0.6 is 0 Å². The molecule has 0 saturated heterocycles. The minimum Gasteiger partial charge on any atom is -0.332 e. The lowest BCUT2D eigenvalue weighted by atomic mass is 10.1. The second kappa shape index (κ2) is 7.99. The standard InChI is InChI=1S/C24H24N4O2/c1-4-27-15-25-22-19(18-8-6-5-7-9-18)13-28(23(22)24(27)30)14-21(29)26-20-11-10-16(2)12-17(20)3/h5-13,15H,4,14H2,1-3H3,(H,26,29). The zero-order valence-electron chi connectivity index (χ0n) is 17.3. The van der Waals surface area contributed by atoms with Gasteiger partial charge in [-0.15, -0.1) is 0 Å². The molecule has 6 nitrogen and oxygen atoms in total. The molecule has 152 valence electrons. The molecule has 1 N–H and O–H groups in total. The van der Waals surface area contributed by atoms with Gasteiger partial charge in [-0.3, -0.25) is 14.2 Å². The molecule has 0 aliphatic carbocycles. The maximum Gasteiger partial charge on any atom is 0.277 e. The molecule has 1 amide bonds. The van der Waals surface area contributed by atoms with Gasteiger partial charge in [-0.2, -0.15) is 0 Å². The van der Waals surface area contributed by atoms with Crippen LogP contribution in [-0.4, -0.2) is 20.0 Å². The zero-order chi connectivity index (χ0) is 21.3. The molecule has 0 radical (unpaired) electrons. The monoisotopic (exact) mass is 400 g/mol. The molecule has 0 unspecified atom stereocenters. The fourth-order valence-electron chi connectivity index (χ4n) is 3.69. The van der Waals surface area contributed by atoms with Crippen LogP contribution in [0.5, 0.6) is 0 Å². The van der Waals surface area contributed by atoms with Crippen molar-refractivity contribution in [1.29, 1.82) is 0 Å². The second-order valence-corrected chi connectivity index (χ2v) is 7.44. The highest BCUT2D eigenvalue weighted by molar-refractivity contribution is 5.96. The number of aryl methyl sites for hydroxylation is 3. The first kappa shape index (κ1) is 19.6. The Bertz CT molecular complexity index is 1290. The van der Waals surface area contributed by atoms with Crippen molar-refractivity contribution < 1.29 is 4.79 Å². The summed E-state index contributed by atoms with van der Waals surface area (Å²) in [6.07, 6.45) is 3.41. The smallest absolute Gasteiger partial charge is 0.277 e. The van der Waals surface area contributed by atoms with E-state index >= 15 is 0 Å². The van der Waals surface area contributed by atoms with Crippen molar-refractivity contribution in [3.63, 3.8) is 0 Å². The molecule has 2 aromatic carbocycles. The number of nitrogens with one attached hydrogen (secondary N) is 1. The van der Waals surface area contributed by atoms with Gasteiger partial charge < -0.3 is 9.88 Å². The molecule has 30 heavy (non-hydrogen) atoms. The summed E-state index contributed by atoms with van der Waals surface area (Å²) >= 11 is 0. The molecule has 4 rings (SSSR count). The molecule has 0 aliphatic heterocycles. The quantitative estimate of drug-likeness (QED) is 0.547. The van der Waals surface area contributed by atoms with Crippen LogP contribution in [0.25, 0.3) is 22.2 Å². The van der Waals surface area contributed by atoms with Crippen molar-refractivity contribution in [3.05, 3.63) is 82.5 Å². The molecular formula is C24H24N4O2. The number of fused-ring (bicyclic) bond motifs is 1. The Labute approximate surface area is 174 Å². The normalized spacial score (nSPS) is 11.0. The third-order valence-electron chi connectivity index (χ3n) is 5.24. The Kier molecular flexibility index (Phi) is 5.23. The average molecular weight is 400 g/mol. The topological polar surface area (TPSA) is 68.9 Å². The van der Waals surface area contributed by atoms with E-state index in [1.54, 1.807) is 15.5 Å². The number of nitrogens with zero attached hydrogens (tertiary/aromatic N) is 3. The van der Waals surface area contributed by atoms with Crippen LogP contribution in [0, 0.1) is 13.8 Å². The molecule has 2 aromatic heterocycles. The number of carbonyl (C=O) groups excluding carboxylic acids is 1. The van der Waals surface area contributed by atoms with Gasteiger partial charge in [0, 0.05) is 24.0 Å². The SMILES string of the molecule is CCn1cnc2c(-c3ccccc3)cn(CC(=O)Nc3ccc(C)cc3C)c2c1=O. The Morgan fingerprint density at radius 2 is 1.83 bits per heavy atom. The highest BCUT2D eigenvalue weighted by Crippen LogP contribution is 2.27. The largest absolute Gasteiger partial charge is 0.332 e. The fraction of sp³-hybridized carbons (Fsp3) is 0.208. The van der Waals surface area contributed by atoms with E-state index in [2.05, 4.69) is 10.3 Å². The van der Waals surface area contributed by atoms with Crippen molar-refractivity contribution in [3.8, 4) is 11.1 Å². The van der Waals surface area contributed by atoms with E-state index in [0.29, 0.717) is 17.6 Å². The molecule has 4 aromatic rings. The van der Waals surface area contributed by atoms with Crippen LogP contribution in [0.4, 0.5) is 5.69 Å². The summed E-state index contributed by atoms with van der Waals surface area (Å²) in [5, 5.41) is 2.96. The van der Waals surface area contributed by atoms with Gasteiger partial charge >= 0.3 is 0 Å². The van der Waals surface area contributed by atoms with E-state index < -0.39 is 0 Å². The van der Waals surface area contributed by atoms with E-state index in [-0.39, 0.29) is 18.0 Å². The molecule has 0 bridgehead atoms. The van der Waals surface area contributed by atoms with E-state index in [9.17, 15) is 9.59 Å². The molecule has 0 atom stereocenters. The predicted octanol–water partition coefficient (Wildman–Crippen LogP) is 4.14.